The number of ether oxygens (including phenoxy) is 1. The fourth-order valence-electron chi connectivity index (χ4n) is 3.38. The minimum atomic E-state index is -1.50. The summed E-state index contributed by atoms with van der Waals surface area (Å²) in [4.78, 5) is 13.8. The largest absolute Gasteiger partial charge is 0.507 e. The molecule has 8 nitrogen and oxygen atoms in total. The van der Waals surface area contributed by atoms with E-state index in [0.717, 1.165) is 32.6 Å². The van der Waals surface area contributed by atoms with Crippen molar-refractivity contribution in [2.24, 2.45) is 0 Å². The van der Waals surface area contributed by atoms with Crippen LogP contribution in [0.3, 0.4) is 0 Å². The van der Waals surface area contributed by atoms with E-state index >= 15 is 0 Å². The van der Waals surface area contributed by atoms with Crippen molar-refractivity contribution in [3.63, 3.8) is 0 Å². The van der Waals surface area contributed by atoms with Gasteiger partial charge in [0.05, 0.1) is 0 Å². The second-order valence-electron chi connectivity index (χ2n) is 6.61. The molecule has 3 rings (SSSR count). The summed E-state index contributed by atoms with van der Waals surface area (Å²) < 4.78 is 5.79. The Morgan fingerprint density at radius 3 is 2.72 bits per heavy atom. The monoisotopic (exact) mass is 350 g/mol. The predicted molar refractivity (Wildman–Crippen MR) is 91.0 cm³/mol. The van der Waals surface area contributed by atoms with Crippen LogP contribution in [0.25, 0.3) is 0 Å². The van der Waals surface area contributed by atoms with Gasteiger partial charge in [-0.3, -0.25) is 4.90 Å². The van der Waals surface area contributed by atoms with Gasteiger partial charge in [-0.1, -0.05) is 6.07 Å². The van der Waals surface area contributed by atoms with Gasteiger partial charge in [0.25, 0.3) is 0 Å². The molecular formula is C16H23BN2O6. The number of likely N-dealkylation sites (tertiary alicyclic amines) is 1. The van der Waals surface area contributed by atoms with Crippen LogP contribution in [0.1, 0.15) is 22.3 Å². The third-order valence-electron chi connectivity index (χ3n) is 4.83. The van der Waals surface area contributed by atoms with Gasteiger partial charge in [-0.25, -0.2) is 4.79 Å². The highest BCUT2D eigenvalue weighted by Crippen LogP contribution is 2.34. The van der Waals surface area contributed by atoms with E-state index in [1.807, 2.05) is 0 Å². The van der Waals surface area contributed by atoms with Gasteiger partial charge in [0, 0.05) is 25.7 Å². The smallest absolute Gasteiger partial charge is 0.451 e. The zero-order chi connectivity index (χ0) is 18.0. The van der Waals surface area contributed by atoms with Crippen molar-refractivity contribution in [2.45, 2.75) is 31.3 Å². The van der Waals surface area contributed by atoms with Gasteiger partial charge < -0.3 is 30.3 Å². The van der Waals surface area contributed by atoms with Gasteiger partial charge in [-0.2, -0.15) is 0 Å². The van der Waals surface area contributed by atoms with Gasteiger partial charge >= 0.3 is 13.1 Å². The molecule has 1 aromatic carbocycles. The number of aryl methyl sites for hydroxylation is 1. The second kappa shape index (κ2) is 7.61. The lowest BCUT2D eigenvalue weighted by Gasteiger charge is -2.42. The third-order valence-corrected chi connectivity index (χ3v) is 4.83. The lowest BCUT2D eigenvalue weighted by molar-refractivity contribution is -0.00477. The maximum Gasteiger partial charge on any atom is 0.451 e. The molecule has 9 heteroatoms. The molecule has 0 bridgehead atoms. The first-order valence-corrected chi connectivity index (χ1v) is 8.51. The number of hydrogen-bond donors (Lipinski definition) is 5. The Bertz CT molecular complexity index is 629. The number of benzene rings is 1. The Morgan fingerprint density at radius 1 is 1.36 bits per heavy atom. The SMILES string of the molecule is O=C(O)c1c(OC2CN([C@H]3CCNC3)C2)ccc(CCB(O)O)c1O. The summed E-state index contributed by atoms with van der Waals surface area (Å²) in [6.07, 6.45) is 1.19. The lowest BCUT2D eigenvalue weighted by atomic mass is 9.82. The Hall–Kier alpha value is -1.81. The number of nitrogens with one attached hydrogen (secondary N) is 1. The number of aromatic hydroxyl groups is 1. The summed E-state index contributed by atoms with van der Waals surface area (Å²) in [5, 5.41) is 40.8. The molecule has 25 heavy (non-hydrogen) atoms. The molecule has 2 aliphatic rings. The van der Waals surface area contributed by atoms with E-state index in [0.29, 0.717) is 11.6 Å². The molecule has 2 fully saturated rings. The molecule has 0 amide bonds. The van der Waals surface area contributed by atoms with Crippen LogP contribution in [0.2, 0.25) is 6.32 Å². The van der Waals surface area contributed by atoms with E-state index in [9.17, 15) is 15.0 Å². The van der Waals surface area contributed by atoms with E-state index in [1.165, 1.54) is 6.07 Å². The number of hydrogen-bond acceptors (Lipinski definition) is 7. The lowest BCUT2D eigenvalue weighted by Crippen LogP contribution is -2.58. The molecule has 2 aliphatic heterocycles. The average Bonchev–Trinajstić information content (AvgIpc) is 3.02. The van der Waals surface area contributed by atoms with Crippen LogP contribution < -0.4 is 10.1 Å². The number of rotatable bonds is 7. The molecular weight excluding hydrogens is 327 g/mol. The molecule has 0 spiro atoms. The predicted octanol–water partition coefficient (Wildman–Crippen LogP) is -0.469. The van der Waals surface area contributed by atoms with Crippen LogP contribution in [0.15, 0.2) is 12.1 Å². The molecule has 0 unspecified atom stereocenters. The van der Waals surface area contributed by atoms with Crippen molar-refractivity contribution in [2.75, 3.05) is 26.2 Å². The third kappa shape index (κ3) is 4.06. The molecule has 136 valence electrons. The Morgan fingerprint density at radius 2 is 2.12 bits per heavy atom. The van der Waals surface area contributed by atoms with Crippen molar-refractivity contribution >= 4 is 13.1 Å². The zero-order valence-electron chi connectivity index (χ0n) is 13.9. The Kier molecular flexibility index (Phi) is 5.48. The summed E-state index contributed by atoms with van der Waals surface area (Å²) in [7, 11) is -1.50. The van der Waals surface area contributed by atoms with E-state index in [4.69, 9.17) is 14.8 Å². The van der Waals surface area contributed by atoms with E-state index in [2.05, 4.69) is 10.2 Å². The minimum absolute atomic E-state index is 0.0137. The number of carboxylic acid groups (broad SMARTS) is 1. The quantitative estimate of drug-likeness (QED) is 0.419. The second-order valence-corrected chi connectivity index (χ2v) is 6.61. The van der Waals surface area contributed by atoms with Crippen molar-refractivity contribution in [3.8, 4) is 11.5 Å². The van der Waals surface area contributed by atoms with Crippen molar-refractivity contribution < 1.29 is 29.8 Å². The van der Waals surface area contributed by atoms with E-state index in [1.54, 1.807) is 6.07 Å². The molecule has 5 N–H and O–H groups in total. The van der Waals surface area contributed by atoms with Crippen LogP contribution in [0.5, 0.6) is 11.5 Å². The highest BCUT2D eigenvalue weighted by molar-refractivity contribution is 6.41. The molecule has 0 radical (unpaired) electrons. The minimum Gasteiger partial charge on any atom is -0.507 e. The maximum absolute atomic E-state index is 11.5. The molecule has 1 atom stereocenters. The first-order chi connectivity index (χ1) is 12.0. The number of nitrogens with zero attached hydrogens (tertiary/aromatic N) is 1. The first-order valence-electron chi connectivity index (χ1n) is 8.51. The molecule has 0 aliphatic carbocycles. The summed E-state index contributed by atoms with van der Waals surface area (Å²) in [6, 6.07) is 3.61. The van der Waals surface area contributed by atoms with Gasteiger partial charge in [-0.15, -0.1) is 0 Å². The summed E-state index contributed by atoms with van der Waals surface area (Å²) in [5.74, 6) is -1.50. The fraction of sp³-hybridized carbons (Fsp3) is 0.562. The van der Waals surface area contributed by atoms with Gasteiger partial charge in [-0.05, 0) is 37.3 Å². The number of aromatic carboxylic acids is 1. The van der Waals surface area contributed by atoms with E-state index < -0.39 is 13.1 Å². The van der Waals surface area contributed by atoms with Crippen LogP contribution in [0, 0.1) is 0 Å². The highest BCUT2D eigenvalue weighted by atomic mass is 16.5. The Balaban J connectivity index is 1.66. The van der Waals surface area contributed by atoms with Gasteiger partial charge in [0.1, 0.15) is 23.2 Å². The van der Waals surface area contributed by atoms with Crippen molar-refractivity contribution in [3.05, 3.63) is 23.3 Å². The number of carboxylic acids is 1. The van der Waals surface area contributed by atoms with Crippen LogP contribution in [0.4, 0.5) is 0 Å². The highest BCUT2D eigenvalue weighted by Gasteiger charge is 2.36. The summed E-state index contributed by atoms with van der Waals surface area (Å²) >= 11 is 0. The van der Waals surface area contributed by atoms with Crippen molar-refractivity contribution in [1.82, 2.24) is 10.2 Å². The number of phenols is 1. The maximum atomic E-state index is 11.5. The van der Waals surface area contributed by atoms with E-state index in [-0.39, 0.29) is 35.9 Å². The summed E-state index contributed by atoms with van der Waals surface area (Å²) in [6.45, 7) is 3.47. The average molecular weight is 350 g/mol. The molecule has 0 saturated carbocycles. The topological polar surface area (TPSA) is 122 Å². The first kappa shape index (κ1) is 18.0. The number of carbonyl (C=O) groups is 1. The summed E-state index contributed by atoms with van der Waals surface area (Å²) in [5.41, 5.74) is 0.0797. The van der Waals surface area contributed by atoms with Crippen LogP contribution in [-0.4, -0.2) is 76.6 Å². The van der Waals surface area contributed by atoms with Crippen LogP contribution in [-0.2, 0) is 6.42 Å². The molecule has 2 saturated heterocycles. The zero-order valence-corrected chi connectivity index (χ0v) is 13.9. The van der Waals surface area contributed by atoms with Gasteiger partial charge in [0.15, 0.2) is 0 Å². The molecule has 1 aromatic rings. The van der Waals surface area contributed by atoms with Crippen LogP contribution >= 0.6 is 0 Å². The normalized spacial score (nSPS) is 21.1. The van der Waals surface area contributed by atoms with Crippen molar-refractivity contribution in [1.29, 1.82) is 0 Å². The molecule has 2 heterocycles. The van der Waals surface area contributed by atoms with Gasteiger partial charge in [0.2, 0.25) is 0 Å². The standard InChI is InChI=1S/C16H23BN2O6/c20-15-10(3-5-17(23)24)1-2-13(14(15)16(21)22)25-12-8-19(9-12)11-4-6-18-7-11/h1-2,11-12,18,20,23-24H,3-9H2,(H,21,22)/t11-/m0/s1. The Labute approximate surface area is 146 Å². The molecule has 0 aromatic heterocycles. The fourth-order valence-corrected chi connectivity index (χ4v) is 3.38.